The number of aromatic nitrogens is 4. The van der Waals surface area contributed by atoms with Gasteiger partial charge in [-0.3, -0.25) is 14.7 Å². The summed E-state index contributed by atoms with van der Waals surface area (Å²) in [5.74, 6) is 1.31. The minimum atomic E-state index is -0.524. The molecule has 1 aliphatic heterocycles. The largest absolute Gasteiger partial charge is 0.460 e. The zero-order chi connectivity index (χ0) is 17.6. The number of aryl methyl sites for hydroxylation is 1. The Labute approximate surface area is 142 Å². The number of furan rings is 1. The monoisotopic (exact) mass is 340 g/mol. The lowest BCUT2D eigenvalue weighted by Crippen LogP contribution is -2.39. The Morgan fingerprint density at radius 1 is 1.32 bits per heavy atom. The standard InChI is InChI=1S/C16H16N6O3/c1-9-2-3-13(25-9)10-6-11(20-19-10)16(24)21-4-5-22-12(15(17)23)7-18-14(22)8-21/h2-3,6-7H,4-5,8H2,1H3,(H2,17,23)(H,19,20). The second kappa shape index (κ2) is 5.62. The van der Waals surface area contributed by atoms with E-state index in [4.69, 9.17) is 10.2 Å². The maximum Gasteiger partial charge on any atom is 0.274 e. The second-order valence-electron chi connectivity index (χ2n) is 5.88. The summed E-state index contributed by atoms with van der Waals surface area (Å²) in [4.78, 5) is 29.9. The van der Waals surface area contributed by atoms with E-state index in [1.54, 1.807) is 15.5 Å². The van der Waals surface area contributed by atoms with E-state index in [0.29, 0.717) is 48.3 Å². The number of nitrogens with zero attached hydrogens (tertiary/aromatic N) is 4. The van der Waals surface area contributed by atoms with Crippen molar-refractivity contribution in [1.29, 1.82) is 0 Å². The molecule has 0 radical (unpaired) electrons. The van der Waals surface area contributed by atoms with Gasteiger partial charge in [-0.05, 0) is 19.1 Å². The van der Waals surface area contributed by atoms with Gasteiger partial charge < -0.3 is 19.6 Å². The minimum Gasteiger partial charge on any atom is -0.460 e. The van der Waals surface area contributed by atoms with Gasteiger partial charge >= 0.3 is 0 Å². The first-order valence-corrected chi connectivity index (χ1v) is 7.78. The summed E-state index contributed by atoms with van der Waals surface area (Å²) in [5.41, 5.74) is 6.63. The fourth-order valence-corrected chi connectivity index (χ4v) is 2.93. The van der Waals surface area contributed by atoms with Gasteiger partial charge in [-0.25, -0.2) is 4.98 Å². The molecule has 0 saturated carbocycles. The van der Waals surface area contributed by atoms with Crippen molar-refractivity contribution in [1.82, 2.24) is 24.6 Å². The predicted octanol–water partition coefficient (Wildman–Crippen LogP) is 0.930. The Bertz CT molecular complexity index is 966. The first-order chi connectivity index (χ1) is 12.0. The van der Waals surface area contributed by atoms with Gasteiger partial charge in [0.2, 0.25) is 0 Å². The summed E-state index contributed by atoms with van der Waals surface area (Å²) >= 11 is 0. The molecule has 25 heavy (non-hydrogen) atoms. The Balaban J connectivity index is 1.54. The third-order valence-corrected chi connectivity index (χ3v) is 4.21. The molecule has 0 spiro atoms. The van der Waals surface area contributed by atoms with Crippen LogP contribution in [0.15, 0.2) is 28.8 Å². The molecule has 9 heteroatoms. The summed E-state index contributed by atoms with van der Waals surface area (Å²) in [5, 5.41) is 6.91. The van der Waals surface area contributed by atoms with E-state index < -0.39 is 5.91 Å². The molecule has 0 atom stereocenters. The number of hydrogen-bond acceptors (Lipinski definition) is 5. The van der Waals surface area contributed by atoms with Crippen LogP contribution < -0.4 is 5.73 Å². The van der Waals surface area contributed by atoms with Crippen LogP contribution >= 0.6 is 0 Å². The summed E-state index contributed by atoms with van der Waals surface area (Å²) in [6.07, 6.45) is 1.44. The van der Waals surface area contributed by atoms with Crippen molar-refractivity contribution in [3.8, 4) is 11.5 Å². The van der Waals surface area contributed by atoms with Crippen LogP contribution in [0.4, 0.5) is 0 Å². The third-order valence-electron chi connectivity index (χ3n) is 4.21. The van der Waals surface area contributed by atoms with Crippen molar-refractivity contribution < 1.29 is 14.0 Å². The van der Waals surface area contributed by atoms with Gasteiger partial charge in [-0.15, -0.1) is 0 Å². The van der Waals surface area contributed by atoms with Crippen LogP contribution in [-0.4, -0.2) is 43.0 Å². The number of H-pyrrole nitrogens is 1. The van der Waals surface area contributed by atoms with Crippen LogP contribution in [0.1, 0.15) is 32.6 Å². The fraction of sp³-hybridized carbons (Fsp3) is 0.250. The zero-order valence-corrected chi connectivity index (χ0v) is 13.5. The Morgan fingerprint density at radius 3 is 2.88 bits per heavy atom. The number of carbonyl (C=O) groups is 2. The SMILES string of the molecule is Cc1ccc(-c2cc(C(=O)N3CCn4c(C(N)=O)cnc4C3)n[nH]2)o1. The molecular weight excluding hydrogens is 324 g/mol. The molecule has 3 aromatic heterocycles. The Kier molecular flexibility index (Phi) is 3.41. The quantitative estimate of drug-likeness (QED) is 0.734. The number of rotatable bonds is 3. The highest BCUT2D eigenvalue weighted by atomic mass is 16.3. The highest BCUT2D eigenvalue weighted by molar-refractivity contribution is 5.93. The van der Waals surface area contributed by atoms with Crippen molar-refractivity contribution in [3.63, 3.8) is 0 Å². The summed E-state index contributed by atoms with van der Waals surface area (Å²) in [6.45, 7) is 3.06. The molecule has 0 bridgehead atoms. The van der Waals surface area contributed by atoms with E-state index >= 15 is 0 Å². The van der Waals surface area contributed by atoms with Crippen LogP contribution in [0, 0.1) is 6.92 Å². The first-order valence-electron chi connectivity index (χ1n) is 7.78. The van der Waals surface area contributed by atoms with E-state index in [0.717, 1.165) is 5.76 Å². The summed E-state index contributed by atoms with van der Waals surface area (Å²) in [7, 11) is 0. The van der Waals surface area contributed by atoms with Gasteiger partial charge in [-0.2, -0.15) is 5.10 Å². The number of fused-ring (bicyclic) bond motifs is 1. The van der Waals surface area contributed by atoms with Crippen LogP contribution in [0.5, 0.6) is 0 Å². The molecule has 0 aromatic carbocycles. The molecule has 0 unspecified atom stereocenters. The smallest absolute Gasteiger partial charge is 0.274 e. The average molecular weight is 340 g/mol. The van der Waals surface area contributed by atoms with Gasteiger partial charge in [-0.1, -0.05) is 0 Å². The number of nitrogens with two attached hydrogens (primary N) is 1. The molecule has 128 valence electrons. The molecule has 3 N–H and O–H groups in total. The lowest BCUT2D eigenvalue weighted by molar-refractivity contribution is 0.0700. The molecule has 2 amide bonds. The number of nitrogens with one attached hydrogen (secondary N) is 1. The predicted molar refractivity (Wildman–Crippen MR) is 86.5 cm³/mol. The molecule has 0 aliphatic carbocycles. The van der Waals surface area contributed by atoms with Crippen molar-refractivity contribution in [2.75, 3.05) is 6.54 Å². The highest BCUT2D eigenvalue weighted by Crippen LogP contribution is 2.22. The van der Waals surface area contributed by atoms with Crippen molar-refractivity contribution >= 4 is 11.8 Å². The van der Waals surface area contributed by atoms with Crippen molar-refractivity contribution in [3.05, 3.63) is 47.4 Å². The maximum atomic E-state index is 12.7. The lowest BCUT2D eigenvalue weighted by atomic mass is 10.2. The molecule has 4 heterocycles. The van der Waals surface area contributed by atoms with Crippen LogP contribution in [-0.2, 0) is 13.1 Å². The Hall–Kier alpha value is -3.36. The van der Waals surface area contributed by atoms with E-state index in [2.05, 4.69) is 15.2 Å². The molecular formula is C16H16N6O3. The van der Waals surface area contributed by atoms with E-state index in [9.17, 15) is 9.59 Å². The van der Waals surface area contributed by atoms with Crippen molar-refractivity contribution in [2.45, 2.75) is 20.0 Å². The average Bonchev–Trinajstić information content (AvgIpc) is 3.32. The van der Waals surface area contributed by atoms with Gasteiger partial charge in [0, 0.05) is 19.2 Å². The fourth-order valence-electron chi connectivity index (χ4n) is 2.93. The van der Waals surface area contributed by atoms with Gasteiger partial charge in [0.1, 0.15) is 23.0 Å². The number of aromatic amines is 1. The number of imidazole rings is 1. The number of carbonyl (C=O) groups excluding carboxylic acids is 2. The maximum absolute atomic E-state index is 12.7. The summed E-state index contributed by atoms with van der Waals surface area (Å²) < 4.78 is 7.27. The van der Waals surface area contributed by atoms with Gasteiger partial charge in [0.05, 0.1) is 12.7 Å². The van der Waals surface area contributed by atoms with Crippen molar-refractivity contribution in [2.24, 2.45) is 5.73 Å². The molecule has 0 fully saturated rings. The lowest BCUT2D eigenvalue weighted by Gasteiger charge is -2.27. The second-order valence-corrected chi connectivity index (χ2v) is 5.88. The molecule has 3 aromatic rings. The van der Waals surface area contributed by atoms with E-state index in [-0.39, 0.29) is 5.91 Å². The molecule has 4 rings (SSSR count). The van der Waals surface area contributed by atoms with Gasteiger partial charge in [0.15, 0.2) is 11.5 Å². The Morgan fingerprint density at radius 2 is 2.16 bits per heavy atom. The topological polar surface area (TPSA) is 123 Å². The number of amides is 2. The van der Waals surface area contributed by atoms with Gasteiger partial charge in [0.25, 0.3) is 11.8 Å². The molecule has 0 saturated heterocycles. The number of primary amides is 1. The number of hydrogen-bond donors (Lipinski definition) is 2. The van der Waals surface area contributed by atoms with Crippen LogP contribution in [0.25, 0.3) is 11.5 Å². The molecule has 9 nitrogen and oxygen atoms in total. The molecule has 1 aliphatic rings. The van der Waals surface area contributed by atoms with E-state index in [1.807, 2.05) is 19.1 Å². The van der Waals surface area contributed by atoms with Crippen LogP contribution in [0.2, 0.25) is 0 Å². The normalized spacial score (nSPS) is 13.7. The third kappa shape index (κ3) is 2.59. The minimum absolute atomic E-state index is 0.208. The zero-order valence-electron chi connectivity index (χ0n) is 13.5. The van der Waals surface area contributed by atoms with Crippen LogP contribution in [0.3, 0.4) is 0 Å². The first kappa shape index (κ1) is 15.2. The summed E-state index contributed by atoms with van der Waals surface area (Å²) in [6, 6.07) is 5.33. The van der Waals surface area contributed by atoms with E-state index in [1.165, 1.54) is 6.20 Å². The highest BCUT2D eigenvalue weighted by Gasteiger charge is 2.27.